The molecule has 1 aromatic carbocycles. The zero-order chi connectivity index (χ0) is 13.1. The molecule has 2 rings (SSSR count). The van der Waals surface area contributed by atoms with Crippen molar-refractivity contribution >= 4 is 17.5 Å². The van der Waals surface area contributed by atoms with Crippen LogP contribution in [0, 0.1) is 0 Å². The predicted octanol–water partition coefficient (Wildman–Crippen LogP) is -0.859. The van der Waals surface area contributed by atoms with Crippen LogP contribution in [0.1, 0.15) is 11.7 Å². The molecule has 1 heterocycles. The SMILES string of the molecule is NCC(O)c1ccccc1N1CCNC(=O)C1=O. The normalized spacial score (nSPS) is 17.6. The molecule has 2 amide bonds. The van der Waals surface area contributed by atoms with E-state index in [2.05, 4.69) is 5.32 Å². The van der Waals surface area contributed by atoms with Gasteiger partial charge in [-0.2, -0.15) is 0 Å². The summed E-state index contributed by atoms with van der Waals surface area (Å²) in [7, 11) is 0. The fourth-order valence-electron chi connectivity index (χ4n) is 1.95. The van der Waals surface area contributed by atoms with Crippen LogP contribution in [0.25, 0.3) is 0 Å². The maximum absolute atomic E-state index is 11.8. The zero-order valence-electron chi connectivity index (χ0n) is 9.80. The molecule has 1 fully saturated rings. The van der Waals surface area contributed by atoms with Crippen molar-refractivity contribution in [2.45, 2.75) is 6.10 Å². The number of nitrogens with one attached hydrogen (secondary N) is 1. The molecule has 6 nitrogen and oxygen atoms in total. The van der Waals surface area contributed by atoms with Crippen molar-refractivity contribution in [3.63, 3.8) is 0 Å². The van der Waals surface area contributed by atoms with Gasteiger partial charge in [0.15, 0.2) is 0 Å². The zero-order valence-corrected chi connectivity index (χ0v) is 9.80. The van der Waals surface area contributed by atoms with E-state index < -0.39 is 17.9 Å². The molecule has 18 heavy (non-hydrogen) atoms. The van der Waals surface area contributed by atoms with Crippen molar-refractivity contribution in [1.82, 2.24) is 5.32 Å². The molecule has 0 aromatic heterocycles. The van der Waals surface area contributed by atoms with E-state index in [0.717, 1.165) is 0 Å². The highest BCUT2D eigenvalue weighted by Crippen LogP contribution is 2.26. The molecule has 6 heteroatoms. The number of rotatable bonds is 3. The van der Waals surface area contributed by atoms with Crippen molar-refractivity contribution in [1.29, 1.82) is 0 Å². The van der Waals surface area contributed by atoms with Gasteiger partial charge in [0, 0.05) is 25.2 Å². The van der Waals surface area contributed by atoms with Crippen LogP contribution in [0.5, 0.6) is 0 Å². The molecule has 1 aromatic rings. The number of nitrogens with two attached hydrogens (primary N) is 1. The minimum atomic E-state index is -0.848. The van der Waals surface area contributed by atoms with Gasteiger partial charge in [-0.1, -0.05) is 18.2 Å². The molecule has 0 radical (unpaired) electrons. The smallest absolute Gasteiger partial charge is 0.316 e. The van der Waals surface area contributed by atoms with E-state index >= 15 is 0 Å². The van der Waals surface area contributed by atoms with Crippen LogP contribution in [-0.4, -0.2) is 36.6 Å². The third kappa shape index (κ3) is 2.20. The minimum Gasteiger partial charge on any atom is -0.387 e. The summed E-state index contributed by atoms with van der Waals surface area (Å²) in [6, 6.07) is 6.91. The van der Waals surface area contributed by atoms with E-state index in [4.69, 9.17) is 5.73 Å². The van der Waals surface area contributed by atoms with Gasteiger partial charge in [0.1, 0.15) is 0 Å². The van der Waals surface area contributed by atoms with Crippen molar-refractivity contribution in [3.05, 3.63) is 29.8 Å². The van der Waals surface area contributed by atoms with Gasteiger partial charge in [-0.3, -0.25) is 9.59 Å². The molecule has 0 bridgehead atoms. The van der Waals surface area contributed by atoms with E-state index in [1.807, 2.05) is 0 Å². The van der Waals surface area contributed by atoms with Crippen LogP contribution < -0.4 is 16.0 Å². The largest absolute Gasteiger partial charge is 0.387 e. The summed E-state index contributed by atoms with van der Waals surface area (Å²) >= 11 is 0. The first-order valence-electron chi connectivity index (χ1n) is 5.72. The van der Waals surface area contributed by atoms with Crippen LogP contribution in [0.3, 0.4) is 0 Å². The number of anilines is 1. The topological polar surface area (TPSA) is 95.7 Å². The monoisotopic (exact) mass is 249 g/mol. The number of aliphatic hydroxyl groups excluding tert-OH is 1. The third-order valence-electron chi connectivity index (χ3n) is 2.87. The summed E-state index contributed by atoms with van der Waals surface area (Å²) in [4.78, 5) is 24.5. The van der Waals surface area contributed by atoms with Gasteiger partial charge in [-0.15, -0.1) is 0 Å². The van der Waals surface area contributed by atoms with E-state index in [1.165, 1.54) is 4.90 Å². The maximum atomic E-state index is 11.8. The molecule has 1 aliphatic rings. The second-order valence-electron chi connectivity index (χ2n) is 4.02. The fraction of sp³-hybridized carbons (Fsp3) is 0.333. The second-order valence-corrected chi connectivity index (χ2v) is 4.02. The van der Waals surface area contributed by atoms with E-state index in [9.17, 15) is 14.7 Å². The number of carbonyl (C=O) groups is 2. The van der Waals surface area contributed by atoms with Crippen LogP contribution in [0.15, 0.2) is 24.3 Å². The summed E-state index contributed by atoms with van der Waals surface area (Å²) in [6.45, 7) is 0.849. The first-order chi connectivity index (χ1) is 8.65. The Morgan fingerprint density at radius 2 is 2.11 bits per heavy atom. The number of amides is 2. The van der Waals surface area contributed by atoms with E-state index in [1.54, 1.807) is 24.3 Å². The minimum absolute atomic E-state index is 0.0608. The van der Waals surface area contributed by atoms with Gasteiger partial charge in [0.2, 0.25) is 0 Å². The number of aliphatic hydroxyl groups is 1. The van der Waals surface area contributed by atoms with Crippen LogP contribution in [-0.2, 0) is 9.59 Å². The molecule has 1 saturated heterocycles. The highest BCUT2D eigenvalue weighted by molar-refractivity contribution is 6.41. The van der Waals surface area contributed by atoms with Crippen LogP contribution in [0.2, 0.25) is 0 Å². The lowest BCUT2D eigenvalue weighted by Gasteiger charge is -2.29. The Bertz CT molecular complexity index is 475. The van der Waals surface area contributed by atoms with Gasteiger partial charge in [-0.25, -0.2) is 0 Å². The summed E-state index contributed by atoms with van der Waals surface area (Å²) in [5, 5.41) is 12.3. The number of nitrogens with zero attached hydrogens (tertiary/aromatic N) is 1. The average Bonchev–Trinajstić information content (AvgIpc) is 2.41. The Morgan fingerprint density at radius 3 is 2.83 bits per heavy atom. The molecule has 0 saturated carbocycles. The van der Waals surface area contributed by atoms with Gasteiger partial charge >= 0.3 is 11.8 Å². The van der Waals surface area contributed by atoms with E-state index in [-0.39, 0.29) is 6.54 Å². The lowest BCUT2D eigenvalue weighted by atomic mass is 10.1. The number of piperazine rings is 1. The Labute approximate surface area is 104 Å². The van der Waals surface area contributed by atoms with Crippen LogP contribution >= 0.6 is 0 Å². The van der Waals surface area contributed by atoms with E-state index in [0.29, 0.717) is 24.3 Å². The summed E-state index contributed by atoms with van der Waals surface area (Å²) in [5.41, 5.74) is 6.53. The van der Waals surface area contributed by atoms with Crippen molar-refractivity contribution in [3.8, 4) is 0 Å². The third-order valence-corrected chi connectivity index (χ3v) is 2.87. The number of hydrogen-bond donors (Lipinski definition) is 3. The Balaban J connectivity index is 2.38. The maximum Gasteiger partial charge on any atom is 0.316 e. The molecule has 4 N–H and O–H groups in total. The van der Waals surface area contributed by atoms with Crippen molar-refractivity contribution in [2.75, 3.05) is 24.5 Å². The first kappa shape index (κ1) is 12.5. The average molecular weight is 249 g/mol. The van der Waals surface area contributed by atoms with Gasteiger partial charge in [-0.05, 0) is 6.07 Å². The molecular weight excluding hydrogens is 234 g/mol. The van der Waals surface area contributed by atoms with Gasteiger partial charge in [0.25, 0.3) is 0 Å². The molecule has 0 aliphatic carbocycles. The molecular formula is C12H15N3O3. The Morgan fingerprint density at radius 1 is 1.39 bits per heavy atom. The highest BCUT2D eigenvalue weighted by atomic mass is 16.3. The van der Waals surface area contributed by atoms with Gasteiger partial charge in [0.05, 0.1) is 11.8 Å². The van der Waals surface area contributed by atoms with Crippen molar-refractivity contribution < 1.29 is 14.7 Å². The molecule has 1 unspecified atom stereocenters. The quantitative estimate of drug-likeness (QED) is 0.607. The van der Waals surface area contributed by atoms with Crippen molar-refractivity contribution in [2.24, 2.45) is 5.73 Å². The second kappa shape index (κ2) is 5.16. The summed E-state index contributed by atoms with van der Waals surface area (Å²) in [5.74, 6) is -1.24. The highest BCUT2D eigenvalue weighted by Gasteiger charge is 2.29. The van der Waals surface area contributed by atoms with Gasteiger partial charge < -0.3 is 21.1 Å². The van der Waals surface area contributed by atoms with Crippen LogP contribution in [0.4, 0.5) is 5.69 Å². The number of benzene rings is 1. The first-order valence-corrected chi connectivity index (χ1v) is 5.72. The summed E-state index contributed by atoms with van der Waals surface area (Å²) in [6.07, 6.45) is -0.848. The lowest BCUT2D eigenvalue weighted by molar-refractivity contribution is -0.138. The molecule has 1 atom stereocenters. The Kier molecular flexibility index (Phi) is 3.59. The number of carbonyl (C=O) groups excluding carboxylic acids is 2. The molecule has 1 aliphatic heterocycles. The number of para-hydroxylation sites is 1. The predicted molar refractivity (Wildman–Crippen MR) is 65.8 cm³/mol. The number of hydrogen-bond acceptors (Lipinski definition) is 4. The molecule has 0 spiro atoms. The lowest BCUT2D eigenvalue weighted by Crippen LogP contribution is -2.52. The molecule has 96 valence electrons. The Hall–Kier alpha value is -1.92. The standard InChI is InChI=1S/C12H15N3O3/c13-7-10(16)8-3-1-2-4-9(8)15-6-5-14-11(17)12(15)18/h1-4,10,16H,5-7,13H2,(H,14,17). The fourth-order valence-corrected chi connectivity index (χ4v) is 1.95. The summed E-state index contributed by atoms with van der Waals surface area (Å²) < 4.78 is 0.